The van der Waals surface area contributed by atoms with Gasteiger partial charge < -0.3 is 4.74 Å². The lowest BCUT2D eigenvalue weighted by molar-refractivity contribution is 0.0987. The first-order valence-corrected chi connectivity index (χ1v) is 7.21. The first-order chi connectivity index (χ1) is 8.79. The minimum absolute atomic E-state index is 0.0497. The molecule has 0 aliphatic carbocycles. The molecule has 19 heavy (non-hydrogen) atoms. The zero-order valence-electron chi connectivity index (χ0n) is 10.5. The number of carbonyl (C=O) groups excluding carboxylic acids is 1. The SMILES string of the molecule is COCCS(=O)(=O)C(C)C(=O)c1ccc(F)cc1F. The number of ether oxygens (including phenoxy) is 1. The van der Waals surface area contributed by atoms with Gasteiger partial charge in [-0.3, -0.25) is 4.79 Å². The van der Waals surface area contributed by atoms with E-state index in [1.54, 1.807) is 0 Å². The van der Waals surface area contributed by atoms with E-state index >= 15 is 0 Å². The number of hydrogen-bond acceptors (Lipinski definition) is 4. The van der Waals surface area contributed by atoms with Gasteiger partial charge in [-0.1, -0.05) is 0 Å². The molecule has 0 amide bonds. The third kappa shape index (κ3) is 3.81. The fourth-order valence-corrected chi connectivity index (χ4v) is 2.65. The minimum atomic E-state index is -3.73. The van der Waals surface area contributed by atoms with Crippen molar-refractivity contribution >= 4 is 15.6 Å². The molecule has 0 radical (unpaired) electrons. The quantitative estimate of drug-likeness (QED) is 0.747. The summed E-state index contributed by atoms with van der Waals surface area (Å²) < 4.78 is 54.4. The summed E-state index contributed by atoms with van der Waals surface area (Å²) in [5.41, 5.74) is -0.435. The van der Waals surface area contributed by atoms with Gasteiger partial charge in [-0.15, -0.1) is 0 Å². The predicted molar refractivity (Wildman–Crippen MR) is 65.8 cm³/mol. The molecule has 0 spiro atoms. The highest BCUT2D eigenvalue weighted by Crippen LogP contribution is 2.15. The Kier molecular flexibility index (Phi) is 5.13. The summed E-state index contributed by atoms with van der Waals surface area (Å²) in [4.78, 5) is 11.9. The molecule has 0 aliphatic rings. The van der Waals surface area contributed by atoms with E-state index in [1.807, 2.05) is 0 Å². The van der Waals surface area contributed by atoms with Gasteiger partial charge in [-0.2, -0.15) is 0 Å². The molecule has 1 unspecified atom stereocenters. The molecule has 1 aromatic carbocycles. The Balaban J connectivity index is 3.00. The standard InChI is InChI=1S/C12H14F2O4S/c1-8(19(16,17)6-5-18-2)12(15)10-4-3-9(13)7-11(10)14/h3-4,7-8H,5-6H2,1-2H3. The smallest absolute Gasteiger partial charge is 0.183 e. The van der Waals surface area contributed by atoms with Crippen LogP contribution in [0.25, 0.3) is 0 Å². The number of hydrogen-bond donors (Lipinski definition) is 0. The summed E-state index contributed by atoms with van der Waals surface area (Å²) in [6, 6.07) is 2.39. The first-order valence-electron chi connectivity index (χ1n) is 5.49. The Morgan fingerprint density at radius 2 is 2.00 bits per heavy atom. The van der Waals surface area contributed by atoms with Crippen molar-refractivity contribution in [2.45, 2.75) is 12.2 Å². The zero-order chi connectivity index (χ0) is 14.6. The van der Waals surface area contributed by atoms with E-state index in [1.165, 1.54) is 14.0 Å². The van der Waals surface area contributed by atoms with Gasteiger partial charge in [0.15, 0.2) is 15.6 Å². The summed E-state index contributed by atoms with van der Waals surface area (Å²) in [7, 11) is -2.40. The summed E-state index contributed by atoms with van der Waals surface area (Å²) >= 11 is 0. The molecule has 0 saturated carbocycles. The van der Waals surface area contributed by atoms with Crippen molar-refractivity contribution in [2.24, 2.45) is 0 Å². The number of benzene rings is 1. The molecule has 0 aliphatic heterocycles. The van der Waals surface area contributed by atoms with Crippen LogP contribution in [0.4, 0.5) is 8.78 Å². The molecule has 0 N–H and O–H groups in total. The van der Waals surface area contributed by atoms with E-state index in [2.05, 4.69) is 4.74 Å². The molecular formula is C12H14F2O4S. The first kappa shape index (κ1) is 15.7. The van der Waals surface area contributed by atoms with E-state index in [-0.39, 0.29) is 12.4 Å². The molecule has 0 heterocycles. The van der Waals surface area contributed by atoms with Crippen LogP contribution in [0.2, 0.25) is 0 Å². The van der Waals surface area contributed by atoms with Crippen LogP contribution in [0.3, 0.4) is 0 Å². The Hall–Kier alpha value is -1.34. The van der Waals surface area contributed by atoms with Crippen LogP contribution < -0.4 is 0 Å². The lowest BCUT2D eigenvalue weighted by atomic mass is 10.1. The summed E-state index contributed by atoms with van der Waals surface area (Å²) in [5.74, 6) is -3.13. The van der Waals surface area contributed by atoms with Crippen LogP contribution in [-0.2, 0) is 14.6 Å². The third-order valence-corrected chi connectivity index (χ3v) is 4.70. The number of halogens is 2. The van der Waals surface area contributed by atoms with Crippen LogP contribution in [0.1, 0.15) is 17.3 Å². The van der Waals surface area contributed by atoms with Gasteiger partial charge in [0.05, 0.1) is 17.9 Å². The number of carbonyl (C=O) groups is 1. The van der Waals surface area contributed by atoms with E-state index in [0.717, 1.165) is 12.1 Å². The van der Waals surface area contributed by atoms with Gasteiger partial charge in [-0.05, 0) is 19.1 Å². The molecular weight excluding hydrogens is 278 g/mol. The largest absolute Gasteiger partial charge is 0.384 e. The van der Waals surface area contributed by atoms with Gasteiger partial charge in [0.2, 0.25) is 0 Å². The van der Waals surface area contributed by atoms with Crippen molar-refractivity contribution in [2.75, 3.05) is 19.5 Å². The Bertz CT molecular complexity index is 569. The van der Waals surface area contributed by atoms with Gasteiger partial charge >= 0.3 is 0 Å². The van der Waals surface area contributed by atoms with E-state index in [9.17, 15) is 22.0 Å². The van der Waals surface area contributed by atoms with Gasteiger partial charge in [0.1, 0.15) is 16.9 Å². The lowest BCUT2D eigenvalue weighted by Crippen LogP contribution is -2.31. The maximum Gasteiger partial charge on any atom is 0.183 e. The summed E-state index contributed by atoms with van der Waals surface area (Å²) in [6.07, 6.45) is 0. The fourth-order valence-electron chi connectivity index (χ4n) is 1.45. The second-order valence-electron chi connectivity index (χ2n) is 3.99. The Morgan fingerprint density at radius 1 is 1.37 bits per heavy atom. The normalized spacial score (nSPS) is 13.3. The maximum absolute atomic E-state index is 13.4. The van der Waals surface area contributed by atoms with Crippen LogP contribution in [0, 0.1) is 11.6 Å². The highest BCUT2D eigenvalue weighted by molar-refractivity contribution is 7.92. The van der Waals surface area contributed by atoms with E-state index < -0.39 is 38.1 Å². The number of ketones is 1. The van der Waals surface area contributed by atoms with Gasteiger partial charge in [0, 0.05) is 13.2 Å². The molecule has 7 heteroatoms. The molecule has 1 aromatic rings. The number of methoxy groups -OCH3 is 1. The number of rotatable bonds is 6. The summed E-state index contributed by atoms with van der Waals surface area (Å²) in [6.45, 7) is 1.13. The molecule has 0 fully saturated rings. The average molecular weight is 292 g/mol. The molecule has 1 atom stereocenters. The van der Waals surface area contributed by atoms with Crippen molar-refractivity contribution in [3.63, 3.8) is 0 Å². The van der Waals surface area contributed by atoms with Crippen LogP contribution >= 0.6 is 0 Å². The topological polar surface area (TPSA) is 60.4 Å². The van der Waals surface area contributed by atoms with E-state index in [4.69, 9.17) is 0 Å². The second kappa shape index (κ2) is 6.21. The van der Waals surface area contributed by atoms with Gasteiger partial charge in [0.25, 0.3) is 0 Å². The predicted octanol–water partition coefficient (Wildman–Crippen LogP) is 1.60. The monoisotopic (exact) mass is 292 g/mol. The molecule has 0 saturated heterocycles. The van der Waals surface area contributed by atoms with Crippen molar-refractivity contribution in [1.82, 2.24) is 0 Å². The lowest BCUT2D eigenvalue weighted by Gasteiger charge is -2.12. The zero-order valence-corrected chi connectivity index (χ0v) is 11.3. The van der Waals surface area contributed by atoms with Crippen LogP contribution in [0.15, 0.2) is 18.2 Å². The molecule has 1 rings (SSSR count). The molecule has 106 valence electrons. The number of Topliss-reactive ketones (excluding diaryl/α,β-unsaturated/α-hetero) is 1. The molecule has 0 aromatic heterocycles. The Morgan fingerprint density at radius 3 is 2.53 bits per heavy atom. The highest BCUT2D eigenvalue weighted by Gasteiger charge is 2.30. The number of sulfone groups is 1. The van der Waals surface area contributed by atoms with Crippen molar-refractivity contribution in [1.29, 1.82) is 0 Å². The third-order valence-electron chi connectivity index (χ3n) is 2.68. The molecule has 4 nitrogen and oxygen atoms in total. The maximum atomic E-state index is 13.4. The van der Waals surface area contributed by atoms with Crippen LogP contribution in [-0.4, -0.2) is 38.9 Å². The molecule has 0 bridgehead atoms. The average Bonchev–Trinajstić information content (AvgIpc) is 2.34. The summed E-state index contributed by atoms with van der Waals surface area (Å²) in [5, 5.41) is -1.40. The van der Waals surface area contributed by atoms with Crippen LogP contribution in [0.5, 0.6) is 0 Å². The van der Waals surface area contributed by atoms with Crippen molar-refractivity contribution in [3.05, 3.63) is 35.4 Å². The minimum Gasteiger partial charge on any atom is -0.384 e. The van der Waals surface area contributed by atoms with Gasteiger partial charge in [-0.25, -0.2) is 17.2 Å². The highest BCUT2D eigenvalue weighted by atomic mass is 32.2. The Labute approximate surface area is 110 Å². The fraction of sp³-hybridized carbons (Fsp3) is 0.417. The van der Waals surface area contributed by atoms with Crippen molar-refractivity contribution in [3.8, 4) is 0 Å². The van der Waals surface area contributed by atoms with E-state index in [0.29, 0.717) is 6.07 Å². The van der Waals surface area contributed by atoms with Crippen molar-refractivity contribution < 1.29 is 26.7 Å². The second-order valence-corrected chi connectivity index (χ2v) is 6.43.